The Labute approximate surface area is 115 Å². The van der Waals surface area contributed by atoms with Crippen LogP contribution in [-0.2, 0) is 0 Å². The zero-order chi connectivity index (χ0) is 13.8. The van der Waals surface area contributed by atoms with E-state index in [4.69, 9.17) is 0 Å². The minimum atomic E-state index is 0.282. The van der Waals surface area contributed by atoms with Crippen molar-refractivity contribution in [2.75, 3.05) is 6.54 Å². The number of hydrogen-bond acceptors (Lipinski definition) is 2. The summed E-state index contributed by atoms with van der Waals surface area (Å²) in [5.74, 6) is 0. The predicted molar refractivity (Wildman–Crippen MR) is 79.3 cm³/mol. The van der Waals surface area contributed by atoms with Crippen molar-refractivity contribution in [2.45, 2.75) is 39.8 Å². The fourth-order valence-corrected chi connectivity index (χ4v) is 2.37. The normalized spacial score (nSPS) is 14.3. The highest BCUT2D eigenvalue weighted by atomic mass is 15.3. The maximum atomic E-state index is 4.53. The molecule has 19 heavy (non-hydrogen) atoms. The van der Waals surface area contributed by atoms with Crippen molar-refractivity contribution in [1.29, 1.82) is 0 Å². The number of likely N-dealkylation sites (N-methyl/N-ethyl adjacent to an activating group) is 1. The van der Waals surface area contributed by atoms with Gasteiger partial charge in [-0.2, -0.15) is 5.10 Å². The number of aryl methyl sites for hydroxylation is 2. The van der Waals surface area contributed by atoms with Crippen molar-refractivity contribution in [1.82, 2.24) is 15.1 Å². The van der Waals surface area contributed by atoms with Crippen LogP contribution in [0.1, 0.15) is 42.8 Å². The molecular weight excluding hydrogens is 234 g/mol. The molecule has 0 amide bonds. The van der Waals surface area contributed by atoms with Gasteiger partial charge in [-0.25, -0.2) is 0 Å². The second kappa shape index (κ2) is 6.02. The first-order valence-electron chi connectivity index (χ1n) is 6.93. The number of aromatic nitrogens is 2. The summed E-state index contributed by atoms with van der Waals surface area (Å²) in [4.78, 5) is 0. The molecule has 0 radical (unpaired) electrons. The average Bonchev–Trinajstić information content (AvgIpc) is 2.83. The first-order valence-corrected chi connectivity index (χ1v) is 6.93. The second-order valence-corrected chi connectivity index (χ2v) is 5.12. The maximum Gasteiger partial charge on any atom is 0.0685 e. The van der Waals surface area contributed by atoms with Crippen LogP contribution in [0.25, 0.3) is 0 Å². The average molecular weight is 257 g/mol. The number of rotatable bonds is 5. The lowest BCUT2D eigenvalue weighted by Crippen LogP contribution is -2.29. The molecule has 2 unspecified atom stereocenters. The predicted octanol–water partition coefficient (Wildman–Crippen LogP) is 3.41. The van der Waals surface area contributed by atoms with Gasteiger partial charge in [0.25, 0.3) is 0 Å². The van der Waals surface area contributed by atoms with E-state index in [0.717, 1.165) is 12.2 Å². The fraction of sp³-hybridized carbons (Fsp3) is 0.438. The van der Waals surface area contributed by atoms with Crippen LogP contribution in [0.5, 0.6) is 0 Å². The molecule has 2 atom stereocenters. The van der Waals surface area contributed by atoms with Gasteiger partial charge in [0.15, 0.2) is 0 Å². The van der Waals surface area contributed by atoms with Crippen molar-refractivity contribution >= 4 is 0 Å². The lowest BCUT2D eigenvalue weighted by molar-refractivity contribution is 0.358. The number of nitrogens with one attached hydrogen (secondary N) is 1. The van der Waals surface area contributed by atoms with Gasteiger partial charge in [-0.05, 0) is 38.9 Å². The standard InChI is InChI=1S/C16H23N3/c1-5-17-16(15-8-6-12(2)7-9-15)14(4)19-11-10-13(3)18-19/h6-11,14,16-17H,5H2,1-4H3. The molecule has 0 bridgehead atoms. The molecule has 0 saturated heterocycles. The van der Waals surface area contributed by atoms with Crippen molar-refractivity contribution in [3.05, 3.63) is 53.3 Å². The van der Waals surface area contributed by atoms with Crippen molar-refractivity contribution < 1.29 is 0 Å². The van der Waals surface area contributed by atoms with Gasteiger partial charge in [0.1, 0.15) is 0 Å². The lowest BCUT2D eigenvalue weighted by Gasteiger charge is -2.25. The van der Waals surface area contributed by atoms with Gasteiger partial charge in [-0.15, -0.1) is 0 Å². The van der Waals surface area contributed by atoms with Gasteiger partial charge >= 0.3 is 0 Å². The molecule has 2 aromatic rings. The highest BCUT2D eigenvalue weighted by molar-refractivity contribution is 5.25. The second-order valence-electron chi connectivity index (χ2n) is 5.12. The van der Waals surface area contributed by atoms with Crippen LogP contribution < -0.4 is 5.32 Å². The summed E-state index contributed by atoms with van der Waals surface area (Å²) in [7, 11) is 0. The van der Waals surface area contributed by atoms with Crippen molar-refractivity contribution in [3.63, 3.8) is 0 Å². The molecule has 0 aliphatic carbocycles. The summed E-state index contributed by atoms with van der Waals surface area (Å²) >= 11 is 0. The smallest absolute Gasteiger partial charge is 0.0685 e. The van der Waals surface area contributed by atoms with E-state index in [1.54, 1.807) is 0 Å². The Hall–Kier alpha value is -1.61. The van der Waals surface area contributed by atoms with Crippen LogP contribution in [-0.4, -0.2) is 16.3 Å². The van der Waals surface area contributed by atoms with Crippen molar-refractivity contribution in [3.8, 4) is 0 Å². The zero-order valence-corrected chi connectivity index (χ0v) is 12.2. The minimum absolute atomic E-state index is 0.282. The SMILES string of the molecule is CCNC(c1ccc(C)cc1)C(C)n1ccc(C)n1. The first-order chi connectivity index (χ1) is 9.11. The van der Waals surface area contributed by atoms with Gasteiger partial charge in [0.05, 0.1) is 17.8 Å². The van der Waals surface area contributed by atoms with Crippen LogP contribution in [0.3, 0.4) is 0 Å². The first kappa shape index (κ1) is 13.8. The third-order valence-electron chi connectivity index (χ3n) is 3.50. The third-order valence-corrected chi connectivity index (χ3v) is 3.50. The molecule has 1 aromatic carbocycles. The third kappa shape index (κ3) is 3.24. The quantitative estimate of drug-likeness (QED) is 0.889. The molecule has 3 nitrogen and oxygen atoms in total. The Morgan fingerprint density at radius 1 is 1.16 bits per heavy atom. The van der Waals surface area contributed by atoms with Gasteiger partial charge < -0.3 is 5.32 Å². The van der Waals surface area contributed by atoms with E-state index in [-0.39, 0.29) is 12.1 Å². The van der Waals surface area contributed by atoms with E-state index in [0.29, 0.717) is 0 Å². The van der Waals surface area contributed by atoms with Gasteiger partial charge in [0.2, 0.25) is 0 Å². The van der Waals surface area contributed by atoms with E-state index >= 15 is 0 Å². The molecule has 1 N–H and O–H groups in total. The maximum absolute atomic E-state index is 4.53. The van der Waals surface area contributed by atoms with E-state index in [2.05, 4.69) is 67.7 Å². The molecule has 0 fully saturated rings. The van der Waals surface area contributed by atoms with Crippen LogP contribution in [0, 0.1) is 13.8 Å². The molecule has 0 saturated carbocycles. The Bertz CT molecular complexity index is 513. The van der Waals surface area contributed by atoms with Crippen molar-refractivity contribution in [2.24, 2.45) is 0 Å². The van der Waals surface area contributed by atoms with E-state index in [9.17, 15) is 0 Å². The molecule has 0 aliphatic rings. The molecule has 3 heteroatoms. The van der Waals surface area contributed by atoms with E-state index < -0.39 is 0 Å². The summed E-state index contributed by atoms with van der Waals surface area (Å²) in [5.41, 5.74) is 3.67. The van der Waals surface area contributed by atoms with Crippen LogP contribution in [0.4, 0.5) is 0 Å². The number of nitrogens with zero attached hydrogens (tertiary/aromatic N) is 2. The number of benzene rings is 1. The molecule has 0 aliphatic heterocycles. The van der Waals surface area contributed by atoms with Crippen LogP contribution in [0.2, 0.25) is 0 Å². The highest BCUT2D eigenvalue weighted by Crippen LogP contribution is 2.25. The largest absolute Gasteiger partial charge is 0.308 e. The molecule has 1 aromatic heterocycles. The summed E-state index contributed by atoms with van der Waals surface area (Å²) < 4.78 is 2.04. The molecule has 2 rings (SSSR count). The zero-order valence-electron chi connectivity index (χ0n) is 12.2. The van der Waals surface area contributed by atoms with Gasteiger partial charge in [-0.3, -0.25) is 4.68 Å². The molecular formula is C16H23N3. The lowest BCUT2D eigenvalue weighted by atomic mass is 9.99. The van der Waals surface area contributed by atoms with Gasteiger partial charge in [-0.1, -0.05) is 36.8 Å². The van der Waals surface area contributed by atoms with Gasteiger partial charge in [0, 0.05) is 6.20 Å². The Balaban J connectivity index is 2.26. The Morgan fingerprint density at radius 2 is 1.84 bits per heavy atom. The monoisotopic (exact) mass is 257 g/mol. The minimum Gasteiger partial charge on any atom is -0.308 e. The summed E-state index contributed by atoms with van der Waals surface area (Å²) in [6.45, 7) is 9.44. The fourth-order valence-electron chi connectivity index (χ4n) is 2.37. The summed E-state index contributed by atoms with van der Waals surface area (Å²) in [6.07, 6.45) is 2.05. The molecule has 102 valence electrons. The Morgan fingerprint density at radius 3 is 2.37 bits per heavy atom. The van der Waals surface area contributed by atoms with Crippen LogP contribution >= 0.6 is 0 Å². The number of hydrogen-bond donors (Lipinski definition) is 1. The van der Waals surface area contributed by atoms with E-state index in [1.807, 2.05) is 11.6 Å². The van der Waals surface area contributed by atoms with Crippen LogP contribution in [0.15, 0.2) is 36.5 Å². The highest BCUT2D eigenvalue weighted by Gasteiger charge is 2.20. The van der Waals surface area contributed by atoms with E-state index in [1.165, 1.54) is 11.1 Å². The Kier molecular flexibility index (Phi) is 4.38. The molecule has 0 spiro atoms. The molecule has 1 heterocycles. The summed E-state index contributed by atoms with van der Waals surface area (Å²) in [5, 5.41) is 8.10. The topological polar surface area (TPSA) is 29.9 Å². The summed E-state index contributed by atoms with van der Waals surface area (Å²) in [6, 6.07) is 11.4.